The minimum Gasteiger partial charge on any atom is -0.462 e. The van der Waals surface area contributed by atoms with Crippen molar-refractivity contribution in [2.45, 2.75) is 244 Å². The maximum atomic E-state index is 13.9. The molecule has 5 fully saturated rings. The summed E-state index contributed by atoms with van der Waals surface area (Å²) in [6.45, 7) is 21.7. The third-order valence-corrected chi connectivity index (χ3v) is 15.6. The van der Waals surface area contributed by atoms with Gasteiger partial charge in [-0.05, 0) is 92.9 Å². The molecule has 5 aliphatic rings. The fraction of sp³-hybridized carbons (Fsp3) is 0.917. The fourth-order valence-corrected chi connectivity index (χ4v) is 13.5. The highest BCUT2D eigenvalue weighted by molar-refractivity contribution is 5.76. The van der Waals surface area contributed by atoms with E-state index in [1.54, 1.807) is 13.8 Å². The largest absolute Gasteiger partial charge is 0.462 e. The topological polar surface area (TPSA) is 96.5 Å². The van der Waals surface area contributed by atoms with Gasteiger partial charge in [0.2, 0.25) is 11.8 Å². The lowest BCUT2D eigenvalue weighted by atomic mass is 9.66. The molecule has 326 valence electrons. The number of nitrogens with zero attached hydrogens (tertiary/aromatic N) is 3. The van der Waals surface area contributed by atoms with Crippen LogP contribution in [0.3, 0.4) is 0 Å². The fourth-order valence-electron chi connectivity index (χ4n) is 13.5. The average molecular weight is 798 g/mol. The summed E-state index contributed by atoms with van der Waals surface area (Å²) in [7, 11) is 0. The van der Waals surface area contributed by atoms with Gasteiger partial charge in [-0.3, -0.25) is 24.1 Å². The minimum absolute atomic E-state index is 0.0740. The van der Waals surface area contributed by atoms with Crippen molar-refractivity contribution in [1.29, 1.82) is 0 Å². The van der Waals surface area contributed by atoms with Crippen molar-refractivity contribution in [3.05, 3.63) is 0 Å². The molecule has 2 saturated heterocycles. The van der Waals surface area contributed by atoms with Crippen LogP contribution in [0.2, 0.25) is 0 Å². The van der Waals surface area contributed by atoms with E-state index in [0.29, 0.717) is 43.8 Å². The van der Waals surface area contributed by atoms with Crippen molar-refractivity contribution >= 4 is 23.8 Å². The minimum atomic E-state index is -0.438. The van der Waals surface area contributed by atoms with Gasteiger partial charge in [0.1, 0.15) is 12.2 Å². The Morgan fingerprint density at radius 2 is 0.860 bits per heavy atom. The van der Waals surface area contributed by atoms with Crippen LogP contribution in [0.4, 0.5) is 0 Å². The van der Waals surface area contributed by atoms with Gasteiger partial charge < -0.3 is 19.3 Å². The highest BCUT2D eigenvalue weighted by Crippen LogP contribution is 2.49. The second-order valence-corrected chi connectivity index (χ2v) is 21.6. The highest BCUT2D eigenvalue weighted by Gasteiger charge is 2.56. The number of amides is 2. The predicted molar refractivity (Wildman–Crippen MR) is 227 cm³/mol. The number of ether oxygens (including phenoxy) is 2. The van der Waals surface area contributed by atoms with Gasteiger partial charge >= 0.3 is 11.9 Å². The molecule has 2 amide bonds. The number of carbonyl (C=O) groups excluding carboxylic acids is 4. The Bertz CT molecular complexity index is 1280. The smallest absolute Gasteiger partial charge is 0.307 e. The second kappa shape index (κ2) is 19.0. The first-order valence-corrected chi connectivity index (χ1v) is 23.5. The lowest BCUT2D eigenvalue weighted by molar-refractivity contribution is -0.183. The van der Waals surface area contributed by atoms with E-state index >= 15 is 0 Å². The van der Waals surface area contributed by atoms with Crippen LogP contribution >= 0.6 is 0 Å². The third-order valence-electron chi connectivity index (χ3n) is 15.6. The van der Waals surface area contributed by atoms with E-state index in [-0.39, 0.29) is 60.6 Å². The summed E-state index contributed by atoms with van der Waals surface area (Å²) >= 11 is 0. The Hall–Kier alpha value is -2.16. The summed E-state index contributed by atoms with van der Waals surface area (Å²) in [4.78, 5) is 60.6. The highest BCUT2D eigenvalue weighted by atomic mass is 16.5. The predicted octanol–water partition coefficient (Wildman–Crippen LogP) is 10.0. The molecular weight excluding hydrogens is 715 g/mol. The standard InChI is InChI=1S/C48H83N3O6/c1-34(52)50-45(3,4)32-41(39(47(50,7)8)30-36-20-14-11-15-21-36)56-43(54)26-28-49(38-24-18-13-19-25-38)29-27-44(55)57-42-33-46(5,6)51(35(2)53)48(9,10)40(42)31-37-22-16-12-17-23-37/h36-42H,11-33H2,1-10H3. The maximum absolute atomic E-state index is 13.9. The maximum Gasteiger partial charge on any atom is 0.307 e. The van der Waals surface area contributed by atoms with E-state index in [0.717, 1.165) is 25.7 Å². The number of carbonyl (C=O) groups is 4. The van der Waals surface area contributed by atoms with Crippen LogP contribution in [-0.4, -0.2) is 91.9 Å². The van der Waals surface area contributed by atoms with Gasteiger partial charge in [0.15, 0.2) is 0 Å². The first-order valence-electron chi connectivity index (χ1n) is 23.5. The molecule has 2 aliphatic heterocycles. The van der Waals surface area contributed by atoms with Crippen LogP contribution < -0.4 is 0 Å². The van der Waals surface area contributed by atoms with E-state index in [2.05, 4.69) is 70.1 Å². The zero-order valence-electron chi connectivity index (χ0n) is 38.1. The summed E-state index contributed by atoms with van der Waals surface area (Å²) in [6, 6.07) is 0.339. The number of piperidine rings is 2. The van der Waals surface area contributed by atoms with E-state index in [1.807, 2.05) is 0 Å². The van der Waals surface area contributed by atoms with Crippen molar-refractivity contribution in [3.63, 3.8) is 0 Å². The van der Waals surface area contributed by atoms with E-state index in [1.165, 1.54) is 83.5 Å². The van der Waals surface area contributed by atoms with Gasteiger partial charge in [-0.2, -0.15) is 0 Å². The normalized spacial score (nSPS) is 29.5. The third kappa shape index (κ3) is 11.2. The van der Waals surface area contributed by atoms with Crippen molar-refractivity contribution in [2.24, 2.45) is 23.7 Å². The Labute approximate surface area is 347 Å². The van der Waals surface area contributed by atoms with Gasteiger partial charge in [0.25, 0.3) is 0 Å². The molecule has 3 saturated carbocycles. The van der Waals surface area contributed by atoms with Gasteiger partial charge in [0, 0.05) is 79.8 Å². The number of hydrogen-bond acceptors (Lipinski definition) is 7. The molecular formula is C48H83N3O6. The first kappa shape index (κ1) is 45.9. The molecule has 5 rings (SSSR count). The molecule has 4 unspecified atom stereocenters. The van der Waals surface area contributed by atoms with Crippen LogP contribution in [0.25, 0.3) is 0 Å². The molecule has 2 heterocycles. The summed E-state index contributed by atoms with van der Waals surface area (Å²) < 4.78 is 13.0. The molecule has 0 aromatic carbocycles. The molecule has 0 radical (unpaired) electrons. The molecule has 9 heteroatoms. The first-order chi connectivity index (χ1) is 26.7. The van der Waals surface area contributed by atoms with Crippen molar-refractivity contribution in [2.75, 3.05) is 13.1 Å². The summed E-state index contributed by atoms with van der Waals surface area (Å²) in [5.41, 5.74) is -1.74. The molecule has 4 atom stereocenters. The Kier molecular flexibility index (Phi) is 15.3. The zero-order chi connectivity index (χ0) is 41.8. The Morgan fingerprint density at radius 3 is 1.19 bits per heavy atom. The van der Waals surface area contributed by atoms with Gasteiger partial charge in [0.05, 0.1) is 12.8 Å². The number of likely N-dealkylation sites (tertiary alicyclic amines) is 2. The molecule has 57 heavy (non-hydrogen) atoms. The van der Waals surface area contributed by atoms with Crippen LogP contribution in [0, 0.1) is 23.7 Å². The molecule has 0 N–H and O–H groups in total. The van der Waals surface area contributed by atoms with Crippen molar-refractivity contribution < 1.29 is 28.7 Å². The molecule has 0 aromatic rings. The number of hydrogen-bond donors (Lipinski definition) is 0. The zero-order valence-corrected chi connectivity index (χ0v) is 38.1. The average Bonchev–Trinajstić information content (AvgIpc) is 3.11. The molecule has 0 aromatic heterocycles. The van der Waals surface area contributed by atoms with Gasteiger partial charge in [-0.15, -0.1) is 0 Å². The molecule has 3 aliphatic carbocycles. The molecule has 9 nitrogen and oxygen atoms in total. The van der Waals surface area contributed by atoms with Crippen LogP contribution in [0.5, 0.6) is 0 Å². The quantitative estimate of drug-likeness (QED) is 0.171. The summed E-state index contributed by atoms with van der Waals surface area (Å²) in [6.07, 6.45) is 21.5. The number of esters is 2. The van der Waals surface area contributed by atoms with Crippen molar-refractivity contribution in [3.8, 4) is 0 Å². The van der Waals surface area contributed by atoms with Crippen LogP contribution in [-0.2, 0) is 28.7 Å². The Balaban J connectivity index is 1.25. The summed E-state index contributed by atoms with van der Waals surface area (Å²) in [5, 5.41) is 0. The number of rotatable bonds is 13. The van der Waals surface area contributed by atoms with E-state index < -0.39 is 22.2 Å². The van der Waals surface area contributed by atoms with E-state index in [4.69, 9.17) is 9.47 Å². The summed E-state index contributed by atoms with van der Waals surface area (Å²) in [5.74, 6) is 1.16. The van der Waals surface area contributed by atoms with Crippen molar-refractivity contribution in [1.82, 2.24) is 14.7 Å². The van der Waals surface area contributed by atoms with Crippen LogP contribution in [0.1, 0.15) is 204 Å². The Morgan fingerprint density at radius 1 is 0.526 bits per heavy atom. The lowest BCUT2D eigenvalue weighted by Crippen LogP contribution is -2.68. The SMILES string of the molecule is CC(=O)N1C(C)(C)CC(OC(=O)CCN(CCC(=O)OC2CC(C)(C)N(C(C)=O)C(C)(C)C2CC2CCCCC2)C2CCCCC2)C(CC2CCCCC2)C1(C)C. The monoisotopic (exact) mass is 798 g/mol. The lowest BCUT2D eigenvalue weighted by Gasteiger charge is -2.59. The van der Waals surface area contributed by atoms with Gasteiger partial charge in [-0.1, -0.05) is 83.5 Å². The molecule has 0 bridgehead atoms. The van der Waals surface area contributed by atoms with E-state index in [9.17, 15) is 19.2 Å². The molecule has 0 spiro atoms. The van der Waals surface area contributed by atoms with Crippen LogP contribution in [0.15, 0.2) is 0 Å². The second-order valence-electron chi connectivity index (χ2n) is 21.6. The van der Waals surface area contributed by atoms with Gasteiger partial charge in [-0.25, -0.2) is 0 Å².